The number of allylic oxidation sites excluding steroid dienone is 4. The minimum absolute atomic E-state index is 0.676. The van der Waals surface area contributed by atoms with E-state index in [9.17, 15) is 0 Å². The highest BCUT2D eigenvalue weighted by atomic mass is 14.7. The average molecular weight is 148 g/mol. The SMILES string of the molecule is CN=C1C=C/C=C\C(=N)CC1. The van der Waals surface area contributed by atoms with Gasteiger partial charge in [0.05, 0.1) is 0 Å². The molecule has 0 fully saturated rings. The zero-order valence-corrected chi connectivity index (χ0v) is 6.67. The first kappa shape index (κ1) is 7.92. The largest absolute Gasteiger partial charge is 0.305 e. The molecule has 2 nitrogen and oxygen atoms in total. The molecule has 0 bridgehead atoms. The van der Waals surface area contributed by atoms with Crippen molar-refractivity contribution in [2.24, 2.45) is 4.99 Å². The van der Waals surface area contributed by atoms with Gasteiger partial charge in [0, 0.05) is 18.5 Å². The number of rotatable bonds is 0. The van der Waals surface area contributed by atoms with E-state index in [-0.39, 0.29) is 0 Å². The summed E-state index contributed by atoms with van der Waals surface area (Å²) >= 11 is 0. The standard InChI is InChI=1S/C9H12N2/c1-11-9-5-3-2-4-8(10)6-7-9/h2-5,10H,6-7H2,1H3/b4-2-,5-3?,10-8?,11-9?. The maximum Gasteiger partial charge on any atom is 0.0348 e. The number of aliphatic imine (C=N–C) groups is 1. The van der Waals surface area contributed by atoms with Crippen molar-refractivity contribution in [3.63, 3.8) is 0 Å². The lowest BCUT2D eigenvalue weighted by Gasteiger charge is -2.01. The molecule has 0 aromatic rings. The molecule has 0 saturated carbocycles. The Kier molecular flexibility index (Phi) is 2.78. The summed E-state index contributed by atoms with van der Waals surface area (Å²) in [5, 5.41) is 7.42. The van der Waals surface area contributed by atoms with Gasteiger partial charge in [-0.05, 0) is 25.0 Å². The summed E-state index contributed by atoms with van der Waals surface area (Å²) in [6, 6.07) is 0. The molecule has 1 aliphatic rings. The van der Waals surface area contributed by atoms with Crippen LogP contribution < -0.4 is 0 Å². The molecular weight excluding hydrogens is 136 g/mol. The van der Waals surface area contributed by atoms with E-state index in [2.05, 4.69) is 4.99 Å². The Labute approximate surface area is 66.9 Å². The summed E-state index contributed by atoms with van der Waals surface area (Å²) in [5.74, 6) is 0. The second-order valence-corrected chi connectivity index (χ2v) is 2.46. The lowest BCUT2D eigenvalue weighted by molar-refractivity contribution is 1.12. The van der Waals surface area contributed by atoms with Crippen molar-refractivity contribution < 1.29 is 0 Å². The normalized spacial score (nSPS) is 24.8. The second kappa shape index (κ2) is 3.86. The second-order valence-electron chi connectivity index (χ2n) is 2.46. The van der Waals surface area contributed by atoms with E-state index in [1.54, 1.807) is 7.05 Å². The number of nitrogens with one attached hydrogen (secondary N) is 1. The quantitative estimate of drug-likeness (QED) is 0.545. The number of hydrogen-bond donors (Lipinski definition) is 1. The van der Waals surface area contributed by atoms with E-state index in [1.165, 1.54) is 0 Å². The van der Waals surface area contributed by atoms with Crippen LogP contribution in [0.1, 0.15) is 12.8 Å². The molecule has 1 rings (SSSR count). The van der Waals surface area contributed by atoms with Gasteiger partial charge in [-0.1, -0.05) is 12.2 Å². The third-order valence-corrected chi connectivity index (χ3v) is 1.63. The third kappa shape index (κ3) is 2.50. The summed E-state index contributed by atoms with van der Waals surface area (Å²) in [7, 11) is 1.79. The van der Waals surface area contributed by atoms with E-state index >= 15 is 0 Å². The van der Waals surface area contributed by atoms with Gasteiger partial charge in [0.25, 0.3) is 0 Å². The van der Waals surface area contributed by atoms with Crippen LogP contribution in [0.5, 0.6) is 0 Å². The molecule has 11 heavy (non-hydrogen) atoms. The average Bonchev–Trinajstić information content (AvgIpc) is 1.98. The molecule has 0 aromatic heterocycles. The molecule has 0 aliphatic heterocycles. The zero-order chi connectivity index (χ0) is 8.10. The zero-order valence-electron chi connectivity index (χ0n) is 6.67. The fraction of sp³-hybridized carbons (Fsp3) is 0.333. The van der Waals surface area contributed by atoms with Crippen molar-refractivity contribution in [1.29, 1.82) is 5.41 Å². The molecule has 0 aromatic carbocycles. The van der Waals surface area contributed by atoms with Crippen LogP contribution in [0.4, 0.5) is 0 Å². The van der Waals surface area contributed by atoms with E-state index in [0.29, 0.717) is 5.71 Å². The fourth-order valence-electron chi connectivity index (χ4n) is 0.954. The van der Waals surface area contributed by atoms with Gasteiger partial charge in [0.1, 0.15) is 0 Å². The van der Waals surface area contributed by atoms with Gasteiger partial charge in [-0.2, -0.15) is 0 Å². The highest BCUT2D eigenvalue weighted by Gasteiger charge is 1.98. The summed E-state index contributed by atoms with van der Waals surface area (Å²) in [4.78, 5) is 4.08. The summed E-state index contributed by atoms with van der Waals surface area (Å²) in [5.41, 5.74) is 1.74. The van der Waals surface area contributed by atoms with Gasteiger partial charge >= 0.3 is 0 Å². The Hall–Kier alpha value is -1.18. The maximum absolute atomic E-state index is 7.42. The first-order valence-electron chi connectivity index (χ1n) is 3.71. The maximum atomic E-state index is 7.42. The molecule has 58 valence electrons. The Morgan fingerprint density at radius 1 is 1.27 bits per heavy atom. The molecule has 0 heterocycles. The van der Waals surface area contributed by atoms with Gasteiger partial charge < -0.3 is 5.41 Å². The van der Waals surface area contributed by atoms with Crippen LogP contribution in [0.2, 0.25) is 0 Å². The fourth-order valence-corrected chi connectivity index (χ4v) is 0.954. The molecule has 0 radical (unpaired) electrons. The predicted octanol–water partition coefficient (Wildman–Crippen LogP) is 1.98. The van der Waals surface area contributed by atoms with Crippen molar-refractivity contribution in [1.82, 2.24) is 0 Å². The van der Waals surface area contributed by atoms with Crippen molar-refractivity contribution in [3.8, 4) is 0 Å². The highest BCUT2D eigenvalue weighted by Crippen LogP contribution is 2.01. The number of hydrogen-bond acceptors (Lipinski definition) is 2. The van der Waals surface area contributed by atoms with Crippen LogP contribution in [0.3, 0.4) is 0 Å². The molecule has 1 N–H and O–H groups in total. The topological polar surface area (TPSA) is 36.2 Å². The molecule has 1 aliphatic carbocycles. The van der Waals surface area contributed by atoms with Gasteiger partial charge in [-0.25, -0.2) is 0 Å². The minimum atomic E-state index is 0.676. The Balaban J connectivity index is 2.74. The van der Waals surface area contributed by atoms with Crippen LogP contribution >= 0.6 is 0 Å². The monoisotopic (exact) mass is 148 g/mol. The first-order chi connectivity index (χ1) is 5.33. The predicted molar refractivity (Wildman–Crippen MR) is 48.6 cm³/mol. The lowest BCUT2D eigenvalue weighted by Crippen LogP contribution is -2.00. The third-order valence-electron chi connectivity index (χ3n) is 1.63. The van der Waals surface area contributed by atoms with Gasteiger partial charge in [0.15, 0.2) is 0 Å². The minimum Gasteiger partial charge on any atom is -0.305 e. The van der Waals surface area contributed by atoms with Crippen molar-refractivity contribution >= 4 is 11.4 Å². The van der Waals surface area contributed by atoms with Crippen LogP contribution in [0.15, 0.2) is 29.3 Å². The summed E-state index contributed by atoms with van der Waals surface area (Å²) in [6.45, 7) is 0. The van der Waals surface area contributed by atoms with E-state index in [4.69, 9.17) is 5.41 Å². The van der Waals surface area contributed by atoms with Gasteiger partial charge in [-0.3, -0.25) is 4.99 Å². The Morgan fingerprint density at radius 2 is 2.00 bits per heavy atom. The molecule has 0 amide bonds. The van der Waals surface area contributed by atoms with Crippen LogP contribution in [-0.4, -0.2) is 18.5 Å². The van der Waals surface area contributed by atoms with Crippen molar-refractivity contribution in [2.75, 3.05) is 7.05 Å². The van der Waals surface area contributed by atoms with E-state index in [0.717, 1.165) is 18.6 Å². The van der Waals surface area contributed by atoms with Crippen molar-refractivity contribution in [2.45, 2.75) is 12.8 Å². The number of nitrogens with zero attached hydrogens (tertiary/aromatic N) is 1. The van der Waals surface area contributed by atoms with Crippen LogP contribution in [0, 0.1) is 5.41 Å². The summed E-state index contributed by atoms with van der Waals surface area (Å²) < 4.78 is 0. The Morgan fingerprint density at radius 3 is 2.73 bits per heavy atom. The highest BCUT2D eigenvalue weighted by molar-refractivity contribution is 6.01. The molecule has 0 spiro atoms. The molecule has 2 heteroatoms. The van der Waals surface area contributed by atoms with Crippen LogP contribution in [-0.2, 0) is 0 Å². The molecule has 0 saturated heterocycles. The smallest absolute Gasteiger partial charge is 0.0348 e. The van der Waals surface area contributed by atoms with E-state index in [1.807, 2.05) is 24.3 Å². The first-order valence-corrected chi connectivity index (χ1v) is 3.71. The van der Waals surface area contributed by atoms with E-state index < -0.39 is 0 Å². The van der Waals surface area contributed by atoms with Gasteiger partial charge in [0.2, 0.25) is 0 Å². The van der Waals surface area contributed by atoms with Crippen LogP contribution in [0.25, 0.3) is 0 Å². The Bertz CT molecular complexity index is 234. The lowest BCUT2D eigenvalue weighted by atomic mass is 10.1. The molecule has 0 unspecified atom stereocenters. The summed E-state index contributed by atoms with van der Waals surface area (Å²) in [6.07, 6.45) is 9.30. The van der Waals surface area contributed by atoms with Crippen molar-refractivity contribution in [3.05, 3.63) is 24.3 Å². The van der Waals surface area contributed by atoms with Gasteiger partial charge in [-0.15, -0.1) is 0 Å². The molecular formula is C9H12N2. The molecule has 0 atom stereocenters.